The number of halogens is 1. The van der Waals surface area contributed by atoms with Crippen LogP contribution in [0.1, 0.15) is 33.6 Å². The standard InChI is InChI=1S/C10H18ClNO3/c1-4-5-6-12(7(2)9(11)13)8(3)10(14)15/h7-8H,4-6H2,1-3H3,(H,14,15)/t7-,8-/m0/s1. The number of carboxylic acid groups (broad SMARTS) is 1. The summed E-state index contributed by atoms with van der Waals surface area (Å²) in [6.45, 7) is 5.78. The zero-order chi connectivity index (χ0) is 12.0. The summed E-state index contributed by atoms with van der Waals surface area (Å²) in [4.78, 5) is 23.5. The SMILES string of the molecule is CCCCN([C@@H](C)C(=O)O)[C@@H](C)C(=O)Cl. The van der Waals surface area contributed by atoms with E-state index in [1.807, 2.05) is 6.92 Å². The first-order valence-corrected chi connectivity index (χ1v) is 5.47. The zero-order valence-electron chi connectivity index (χ0n) is 9.36. The van der Waals surface area contributed by atoms with Gasteiger partial charge in [-0.25, -0.2) is 0 Å². The minimum Gasteiger partial charge on any atom is -0.480 e. The number of carbonyl (C=O) groups is 2. The molecule has 0 rings (SSSR count). The fourth-order valence-corrected chi connectivity index (χ4v) is 1.46. The van der Waals surface area contributed by atoms with Gasteiger partial charge in [0.2, 0.25) is 5.24 Å². The van der Waals surface area contributed by atoms with Gasteiger partial charge < -0.3 is 5.11 Å². The van der Waals surface area contributed by atoms with Gasteiger partial charge in [-0.2, -0.15) is 0 Å². The van der Waals surface area contributed by atoms with Crippen LogP contribution in [0.15, 0.2) is 0 Å². The van der Waals surface area contributed by atoms with Crippen molar-refractivity contribution in [1.29, 1.82) is 0 Å². The van der Waals surface area contributed by atoms with Crippen molar-refractivity contribution in [3.8, 4) is 0 Å². The molecule has 2 atom stereocenters. The van der Waals surface area contributed by atoms with Crippen molar-refractivity contribution in [1.82, 2.24) is 4.90 Å². The highest BCUT2D eigenvalue weighted by molar-refractivity contribution is 6.64. The van der Waals surface area contributed by atoms with Gasteiger partial charge in [-0.3, -0.25) is 14.5 Å². The Morgan fingerprint density at radius 2 is 1.87 bits per heavy atom. The summed E-state index contributed by atoms with van der Waals surface area (Å²) >= 11 is 5.38. The Labute approximate surface area is 95.2 Å². The topological polar surface area (TPSA) is 57.6 Å². The predicted molar refractivity (Wildman–Crippen MR) is 59.0 cm³/mol. The summed E-state index contributed by atoms with van der Waals surface area (Å²) < 4.78 is 0. The van der Waals surface area contributed by atoms with E-state index in [1.54, 1.807) is 18.7 Å². The van der Waals surface area contributed by atoms with Crippen LogP contribution in [0.4, 0.5) is 0 Å². The van der Waals surface area contributed by atoms with E-state index in [0.717, 1.165) is 12.8 Å². The molecule has 0 amide bonds. The molecule has 0 aliphatic carbocycles. The average molecular weight is 236 g/mol. The monoisotopic (exact) mass is 235 g/mol. The summed E-state index contributed by atoms with van der Waals surface area (Å²) in [6.07, 6.45) is 1.80. The highest BCUT2D eigenvalue weighted by atomic mass is 35.5. The number of nitrogens with zero attached hydrogens (tertiary/aromatic N) is 1. The lowest BCUT2D eigenvalue weighted by Gasteiger charge is -2.29. The Kier molecular flexibility index (Phi) is 6.52. The molecular formula is C10H18ClNO3. The van der Waals surface area contributed by atoms with E-state index < -0.39 is 23.3 Å². The lowest BCUT2D eigenvalue weighted by atomic mass is 10.2. The van der Waals surface area contributed by atoms with Crippen LogP contribution in [0.5, 0.6) is 0 Å². The van der Waals surface area contributed by atoms with Gasteiger partial charge in [-0.05, 0) is 38.4 Å². The van der Waals surface area contributed by atoms with Gasteiger partial charge in [0.15, 0.2) is 0 Å². The van der Waals surface area contributed by atoms with Crippen molar-refractivity contribution in [2.75, 3.05) is 6.54 Å². The van der Waals surface area contributed by atoms with E-state index in [4.69, 9.17) is 16.7 Å². The maximum absolute atomic E-state index is 11.0. The number of carboxylic acids is 1. The van der Waals surface area contributed by atoms with Crippen LogP contribution in [0, 0.1) is 0 Å². The highest BCUT2D eigenvalue weighted by Crippen LogP contribution is 2.10. The van der Waals surface area contributed by atoms with Crippen LogP contribution in [0.25, 0.3) is 0 Å². The molecule has 0 aromatic heterocycles. The Balaban J connectivity index is 4.56. The molecule has 0 aromatic carbocycles. The van der Waals surface area contributed by atoms with Crippen molar-refractivity contribution >= 4 is 22.8 Å². The molecule has 88 valence electrons. The number of unbranched alkanes of at least 4 members (excludes halogenated alkanes) is 1. The molecule has 0 unspecified atom stereocenters. The Hall–Kier alpha value is -0.610. The summed E-state index contributed by atoms with van der Waals surface area (Å²) in [5.41, 5.74) is 0. The lowest BCUT2D eigenvalue weighted by Crippen LogP contribution is -2.47. The molecule has 5 heteroatoms. The fraction of sp³-hybridized carbons (Fsp3) is 0.800. The van der Waals surface area contributed by atoms with Crippen LogP contribution >= 0.6 is 11.6 Å². The molecule has 0 saturated heterocycles. The van der Waals surface area contributed by atoms with E-state index >= 15 is 0 Å². The maximum atomic E-state index is 11.0. The lowest BCUT2D eigenvalue weighted by molar-refractivity contribution is -0.144. The largest absolute Gasteiger partial charge is 0.480 e. The van der Waals surface area contributed by atoms with Gasteiger partial charge in [-0.15, -0.1) is 0 Å². The third-order valence-corrected chi connectivity index (χ3v) is 2.77. The quantitative estimate of drug-likeness (QED) is 0.683. The average Bonchev–Trinajstić information content (AvgIpc) is 2.17. The first-order chi connectivity index (χ1) is 6.91. The molecule has 0 bridgehead atoms. The van der Waals surface area contributed by atoms with E-state index in [1.165, 1.54) is 0 Å². The van der Waals surface area contributed by atoms with E-state index in [0.29, 0.717) is 6.54 Å². The number of aliphatic carboxylic acids is 1. The normalized spacial score (nSPS) is 15.0. The van der Waals surface area contributed by atoms with Gasteiger partial charge in [0.1, 0.15) is 6.04 Å². The summed E-state index contributed by atoms with van der Waals surface area (Å²) in [6, 6.07) is -1.24. The molecule has 0 aliphatic heterocycles. The fourth-order valence-electron chi connectivity index (χ4n) is 1.34. The number of rotatable bonds is 7. The zero-order valence-corrected chi connectivity index (χ0v) is 10.1. The van der Waals surface area contributed by atoms with Crippen LogP contribution in [-0.4, -0.2) is 39.8 Å². The first-order valence-electron chi connectivity index (χ1n) is 5.09. The smallest absolute Gasteiger partial charge is 0.320 e. The molecular weight excluding hydrogens is 218 g/mol. The van der Waals surface area contributed by atoms with Gasteiger partial charge in [-0.1, -0.05) is 13.3 Å². The van der Waals surface area contributed by atoms with Gasteiger partial charge in [0.25, 0.3) is 0 Å². The number of hydrogen-bond acceptors (Lipinski definition) is 3. The molecule has 0 aromatic rings. The maximum Gasteiger partial charge on any atom is 0.320 e. The van der Waals surface area contributed by atoms with Crippen LogP contribution < -0.4 is 0 Å². The molecule has 0 heterocycles. The molecule has 0 radical (unpaired) electrons. The molecule has 4 nitrogen and oxygen atoms in total. The Morgan fingerprint density at radius 1 is 1.33 bits per heavy atom. The second-order valence-electron chi connectivity index (χ2n) is 3.59. The van der Waals surface area contributed by atoms with Gasteiger partial charge >= 0.3 is 5.97 Å². The summed E-state index contributed by atoms with van der Waals surface area (Å²) in [5, 5.41) is 8.37. The molecule has 15 heavy (non-hydrogen) atoms. The first kappa shape index (κ1) is 14.4. The van der Waals surface area contributed by atoms with E-state index in [2.05, 4.69) is 0 Å². The van der Waals surface area contributed by atoms with Crippen LogP contribution in [-0.2, 0) is 9.59 Å². The Bertz CT molecular complexity index is 213. The van der Waals surface area contributed by atoms with Crippen molar-refractivity contribution in [2.45, 2.75) is 45.7 Å². The van der Waals surface area contributed by atoms with Gasteiger partial charge in [0, 0.05) is 0 Å². The molecule has 0 saturated carbocycles. The predicted octanol–water partition coefficient (Wildman–Crippen LogP) is 1.72. The minimum atomic E-state index is -0.934. The van der Waals surface area contributed by atoms with Crippen molar-refractivity contribution in [3.63, 3.8) is 0 Å². The second kappa shape index (κ2) is 6.80. The minimum absolute atomic E-state index is 0.515. The summed E-state index contributed by atoms with van der Waals surface area (Å²) in [7, 11) is 0. The molecule has 1 N–H and O–H groups in total. The van der Waals surface area contributed by atoms with Crippen molar-refractivity contribution in [2.24, 2.45) is 0 Å². The van der Waals surface area contributed by atoms with E-state index in [9.17, 15) is 9.59 Å². The number of hydrogen-bond donors (Lipinski definition) is 1. The van der Waals surface area contributed by atoms with Gasteiger partial charge in [0.05, 0.1) is 6.04 Å². The molecule has 0 aliphatic rings. The third-order valence-electron chi connectivity index (χ3n) is 2.45. The Morgan fingerprint density at radius 3 is 2.20 bits per heavy atom. The van der Waals surface area contributed by atoms with E-state index in [-0.39, 0.29) is 0 Å². The molecule has 0 spiro atoms. The van der Waals surface area contributed by atoms with Crippen LogP contribution in [0.2, 0.25) is 0 Å². The van der Waals surface area contributed by atoms with Crippen molar-refractivity contribution in [3.05, 3.63) is 0 Å². The second-order valence-corrected chi connectivity index (χ2v) is 3.96. The summed E-state index contributed by atoms with van der Waals surface area (Å²) in [5.74, 6) is -0.934. The molecule has 0 fully saturated rings. The third kappa shape index (κ3) is 4.62. The number of carbonyl (C=O) groups excluding carboxylic acids is 1. The van der Waals surface area contributed by atoms with Crippen LogP contribution in [0.3, 0.4) is 0 Å². The highest BCUT2D eigenvalue weighted by Gasteiger charge is 2.27. The van der Waals surface area contributed by atoms with Crippen molar-refractivity contribution < 1.29 is 14.7 Å².